The van der Waals surface area contributed by atoms with Crippen molar-refractivity contribution in [3.63, 3.8) is 0 Å². The highest BCUT2D eigenvalue weighted by Gasteiger charge is 2.16. The van der Waals surface area contributed by atoms with Crippen LogP contribution in [0.15, 0.2) is 24.3 Å². The summed E-state index contributed by atoms with van der Waals surface area (Å²) in [5, 5.41) is 3.56. The van der Waals surface area contributed by atoms with Crippen LogP contribution in [0, 0.1) is 0 Å². The Morgan fingerprint density at radius 1 is 1.26 bits per heavy atom. The van der Waals surface area contributed by atoms with Crippen molar-refractivity contribution in [3.8, 4) is 0 Å². The van der Waals surface area contributed by atoms with E-state index in [4.69, 9.17) is 4.74 Å². The lowest BCUT2D eigenvalue weighted by atomic mass is 9.97. The molecule has 0 aliphatic rings. The molecule has 3 heteroatoms. The third-order valence-electron chi connectivity index (χ3n) is 3.31. The minimum Gasteiger partial charge on any atom is -0.469 e. The van der Waals surface area contributed by atoms with Crippen molar-refractivity contribution in [1.29, 1.82) is 0 Å². The summed E-state index contributed by atoms with van der Waals surface area (Å²) in [4.78, 5) is 11.4. The first-order chi connectivity index (χ1) is 8.98. The van der Waals surface area contributed by atoms with Crippen LogP contribution in [-0.4, -0.2) is 18.6 Å². The average Bonchev–Trinajstić information content (AvgIpc) is 2.37. The smallest absolute Gasteiger partial charge is 0.309 e. The standard InChI is InChI=1S/C16H25NO2/c1-5-10-16(2,3)17-12-14-9-7-6-8-13(14)11-15(18)19-4/h6-9,17H,5,10-12H2,1-4H3. The number of hydrogen-bond donors (Lipinski definition) is 1. The number of nitrogens with one attached hydrogen (secondary N) is 1. The number of hydrogen-bond acceptors (Lipinski definition) is 3. The molecule has 0 amide bonds. The van der Waals surface area contributed by atoms with E-state index in [9.17, 15) is 4.79 Å². The van der Waals surface area contributed by atoms with Gasteiger partial charge < -0.3 is 10.1 Å². The lowest BCUT2D eigenvalue weighted by Crippen LogP contribution is -2.38. The van der Waals surface area contributed by atoms with E-state index < -0.39 is 0 Å². The number of esters is 1. The van der Waals surface area contributed by atoms with Crippen molar-refractivity contribution in [1.82, 2.24) is 5.32 Å². The van der Waals surface area contributed by atoms with Gasteiger partial charge in [0.2, 0.25) is 0 Å². The highest BCUT2D eigenvalue weighted by Crippen LogP contribution is 2.15. The van der Waals surface area contributed by atoms with Gasteiger partial charge in [-0.05, 0) is 31.4 Å². The highest BCUT2D eigenvalue weighted by atomic mass is 16.5. The summed E-state index contributed by atoms with van der Waals surface area (Å²) in [6, 6.07) is 8.01. The summed E-state index contributed by atoms with van der Waals surface area (Å²) in [7, 11) is 1.42. The van der Waals surface area contributed by atoms with E-state index >= 15 is 0 Å². The molecule has 0 spiro atoms. The van der Waals surface area contributed by atoms with Crippen LogP contribution in [0.5, 0.6) is 0 Å². The van der Waals surface area contributed by atoms with Crippen molar-refractivity contribution in [2.75, 3.05) is 7.11 Å². The summed E-state index contributed by atoms with van der Waals surface area (Å²) in [6.45, 7) is 7.38. The number of ether oxygens (including phenoxy) is 1. The predicted molar refractivity (Wildman–Crippen MR) is 78.0 cm³/mol. The van der Waals surface area contributed by atoms with Gasteiger partial charge in [0.05, 0.1) is 13.5 Å². The SMILES string of the molecule is CCCC(C)(C)NCc1ccccc1CC(=O)OC. The summed E-state index contributed by atoms with van der Waals surface area (Å²) >= 11 is 0. The van der Waals surface area contributed by atoms with Crippen LogP contribution in [-0.2, 0) is 22.5 Å². The van der Waals surface area contributed by atoms with Crippen molar-refractivity contribution >= 4 is 5.97 Å². The molecule has 1 rings (SSSR count). The fraction of sp³-hybridized carbons (Fsp3) is 0.562. The number of rotatable bonds is 7. The minimum absolute atomic E-state index is 0.118. The molecule has 3 nitrogen and oxygen atoms in total. The first-order valence-electron chi connectivity index (χ1n) is 6.87. The van der Waals surface area contributed by atoms with Crippen molar-refractivity contribution in [2.24, 2.45) is 0 Å². The Balaban J connectivity index is 2.70. The molecule has 0 aromatic heterocycles. The maximum Gasteiger partial charge on any atom is 0.309 e. The van der Waals surface area contributed by atoms with Gasteiger partial charge in [0.15, 0.2) is 0 Å². The molecule has 1 aromatic rings. The van der Waals surface area contributed by atoms with E-state index in [0.29, 0.717) is 6.42 Å². The molecule has 0 saturated heterocycles. The first kappa shape index (κ1) is 15.7. The van der Waals surface area contributed by atoms with Crippen molar-refractivity contribution in [2.45, 2.75) is 52.1 Å². The summed E-state index contributed by atoms with van der Waals surface area (Å²) in [5.41, 5.74) is 2.32. The van der Waals surface area contributed by atoms with Gasteiger partial charge in [-0.1, -0.05) is 37.6 Å². The highest BCUT2D eigenvalue weighted by molar-refractivity contribution is 5.72. The Labute approximate surface area is 116 Å². The lowest BCUT2D eigenvalue weighted by Gasteiger charge is -2.26. The van der Waals surface area contributed by atoms with Gasteiger partial charge in [0, 0.05) is 12.1 Å². The molecule has 0 radical (unpaired) electrons. The van der Waals surface area contributed by atoms with Gasteiger partial charge in [0.25, 0.3) is 0 Å². The number of carbonyl (C=O) groups is 1. The maximum atomic E-state index is 11.4. The van der Waals surface area contributed by atoms with Crippen LogP contribution in [0.1, 0.15) is 44.7 Å². The van der Waals surface area contributed by atoms with E-state index in [0.717, 1.165) is 30.5 Å². The fourth-order valence-corrected chi connectivity index (χ4v) is 2.18. The third-order valence-corrected chi connectivity index (χ3v) is 3.31. The quantitative estimate of drug-likeness (QED) is 0.768. The third kappa shape index (κ3) is 5.43. The second-order valence-electron chi connectivity index (χ2n) is 5.51. The van der Waals surface area contributed by atoms with E-state index in [1.54, 1.807) is 0 Å². The summed E-state index contributed by atoms with van der Waals surface area (Å²) < 4.78 is 4.73. The Morgan fingerprint density at radius 3 is 2.47 bits per heavy atom. The van der Waals surface area contributed by atoms with E-state index in [2.05, 4.69) is 32.2 Å². The molecule has 0 bridgehead atoms. The molecule has 106 valence electrons. The van der Waals surface area contributed by atoms with Crippen LogP contribution in [0.4, 0.5) is 0 Å². The molecule has 19 heavy (non-hydrogen) atoms. The topological polar surface area (TPSA) is 38.3 Å². The summed E-state index contributed by atoms with van der Waals surface area (Å²) in [5.74, 6) is -0.194. The molecular weight excluding hydrogens is 238 g/mol. The normalized spacial score (nSPS) is 11.4. The largest absolute Gasteiger partial charge is 0.469 e. The maximum absolute atomic E-state index is 11.4. The van der Waals surface area contributed by atoms with Gasteiger partial charge in [0.1, 0.15) is 0 Å². The summed E-state index contributed by atoms with van der Waals surface area (Å²) in [6.07, 6.45) is 2.62. The fourth-order valence-electron chi connectivity index (χ4n) is 2.18. The van der Waals surface area contributed by atoms with E-state index in [1.165, 1.54) is 7.11 Å². The molecule has 0 saturated carbocycles. The number of benzene rings is 1. The molecule has 1 N–H and O–H groups in total. The number of methoxy groups -OCH3 is 1. The Bertz CT molecular complexity index is 413. The Kier molecular flexibility index (Phi) is 6.03. The lowest BCUT2D eigenvalue weighted by molar-refractivity contribution is -0.139. The number of carbonyl (C=O) groups excluding carboxylic acids is 1. The Hall–Kier alpha value is -1.35. The zero-order chi connectivity index (χ0) is 14.3. The molecular formula is C16H25NO2. The molecule has 1 aromatic carbocycles. The van der Waals surface area contributed by atoms with Gasteiger partial charge in [-0.15, -0.1) is 0 Å². The van der Waals surface area contributed by atoms with E-state index in [-0.39, 0.29) is 11.5 Å². The minimum atomic E-state index is -0.194. The monoisotopic (exact) mass is 263 g/mol. The second kappa shape index (κ2) is 7.29. The van der Waals surface area contributed by atoms with Gasteiger partial charge in [-0.25, -0.2) is 0 Å². The molecule has 0 fully saturated rings. The van der Waals surface area contributed by atoms with Gasteiger partial charge >= 0.3 is 5.97 Å². The first-order valence-corrected chi connectivity index (χ1v) is 6.87. The Morgan fingerprint density at radius 2 is 1.89 bits per heavy atom. The predicted octanol–water partition coefficient (Wildman–Crippen LogP) is 3.07. The van der Waals surface area contributed by atoms with Crippen LogP contribution >= 0.6 is 0 Å². The van der Waals surface area contributed by atoms with Gasteiger partial charge in [-0.2, -0.15) is 0 Å². The molecule has 0 aliphatic heterocycles. The van der Waals surface area contributed by atoms with Crippen LogP contribution in [0.3, 0.4) is 0 Å². The van der Waals surface area contributed by atoms with Gasteiger partial charge in [-0.3, -0.25) is 4.79 Å². The molecule has 0 atom stereocenters. The van der Waals surface area contributed by atoms with Crippen LogP contribution in [0.25, 0.3) is 0 Å². The van der Waals surface area contributed by atoms with Crippen LogP contribution < -0.4 is 5.32 Å². The average molecular weight is 263 g/mol. The van der Waals surface area contributed by atoms with Crippen molar-refractivity contribution in [3.05, 3.63) is 35.4 Å². The molecule has 0 aliphatic carbocycles. The zero-order valence-electron chi connectivity index (χ0n) is 12.5. The van der Waals surface area contributed by atoms with Crippen molar-refractivity contribution < 1.29 is 9.53 Å². The molecule has 0 unspecified atom stereocenters. The molecule has 0 heterocycles. The van der Waals surface area contributed by atoms with E-state index in [1.807, 2.05) is 18.2 Å². The second-order valence-corrected chi connectivity index (χ2v) is 5.51. The van der Waals surface area contributed by atoms with Crippen LogP contribution in [0.2, 0.25) is 0 Å². The zero-order valence-corrected chi connectivity index (χ0v) is 12.5.